The van der Waals surface area contributed by atoms with Crippen molar-refractivity contribution in [1.29, 1.82) is 0 Å². The van der Waals surface area contributed by atoms with Crippen molar-refractivity contribution in [3.8, 4) is 11.3 Å². The van der Waals surface area contributed by atoms with Crippen LogP contribution >= 0.6 is 0 Å². The summed E-state index contributed by atoms with van der Waals surface area (Å²) < 4.78 is 6.42. The summed E-state index contributed by atoms with van der Waals surface area (Å²) in [5.41, 5.74) is 6.92. The Morgan fingerprint density at radius 3 is 2.56 bits per heavy atom. The van der Waals surface area contributed by atoms with E-state index in [1.54, 1.807) is 0 Å². The normalized spacial score (nSPS) is 19.3. The van der Waals surface area contributed by atoms with Gasteiger partial charge >= 0.3 is 0 Å². The van der Waals surface area contributed by atoms with E-state index in [4.69, 9.17) is 4.42 Å². The van der Waals surface area contributed by atoms with Crippen LogP contribution in [-0.4, -0.2) is 6.54 Å². The van der Waals surface area contributed by atoms with Crippen molar-refractivity contribution in [2.45, 2.75) is 51.5 Å². The van der Waals surface area contributed by atoms with Gasteiger partial charge in [0.05, 0.1) is 6.04 Å². The zero-order valence-electron chi connectivity index (χ0n) is 16.1. The smallest absolute Gasteiger partial charge is 0.139 e. The summed E-state index contributed by atoms with van der Waals surface area (Å²) in [5.74, 6) is 2.18. The molecule has 2 nitrogen and oxygen atoms in total. The molecule has 5 rings (SSSR count). The fraction of sp³-hybridized carbons (Fsp3) is 0.360. The van der Waals surface area contributed by atoms with Crippen molar-refractivity contribution in [3.05, 3.63) is 77.0 Å². The van der Waals surface area contributed by atoms with Crippen LogP contribution in [0.4, 0.5) is 5.69 Å². The number of anilines is 1. The monoisotopic (exact) mass is 357 g/mol. The van der Waals surface area contributed by atoms with Crippen LogP contribution in [0, 0.1) is 6.92 Å². The maximum atomic E-state index is 6.42. The van der Waals surface area contributed by atoms with Gasteiger partial charge in [-0.15, -0.1) is 0 Å². The summed E-state index contributed by atoms with van der Waals surface area (Å²) in [4.78, 5) is 2.68. The van der Waals surface area contributed by atoms with Gasteiger partial charge in [0.15, 0.2) is 0 Å². The first kappa shape index (κ1) is 16.7. The number of rotatable bonds is 1. The van der Waals surface area contributed by atoms with Gasteiger partial charge in [-0.05, 0) is 31.4 Å². The molecule has 1 atom stereocenters. The lowest BCUT2D eigenvalue weighted by Crippen LogP contribution is -2.31. The molecule has 1 fully saturated rings. The first-order valence-corrected chi connectivity index (χ1v) is 10.3. The van der Waals surface area contributed by atoms with Gasteiger partial charge < -0.3 is 9.32 Å². The third kappa shape index (κ3) is 2.88. The molecular formula is C25H27NO. The van der Waals surface area contributed by atoms with Crippen LogP contribution in [0.25, 0.3) is 11.3 Å². The number of fused-ring (bicyclic) bond motifs is 5. The first-order chi connectivity index (χ1) is 13.3. The third-order valence-electron chi connectivity index (χ3n) is 6.29. The van der Waals surface area contributed by atoms with Crippen LogP contribution in [0.15, 0.2) is 59.0 Å². The zero-order chi connectivity index (χ0) is 18.2. The van der Waals surface area contributed by atoms with Crippen LogP contribution < -0.4 is 4.90 Å². The highest BCUT2D eigenvalue weighted by Crippen LogP contribution is 2.46. The molecule has 3 aromatic rings. The average molecular weight is 357 g/mol. The lowest BCUT2D eigenvalue weighted by atomic mass is 9.91. The van der Waals surface area contributed by atoms with Gasteiger partial charge in [-0.1, -0.05) is 67.8 Å². The predicted octanol–water partition coefficient (Wildman–Crippen LogP) is 6.67. The Labute approximate surface area is 161 Å². The Balaban J connectivity index is 1.73. The molecular weight excluding hydrogens is 330 g/mol. The molecule has 138 valence electrons. The minimum Gasteiger partial charge on any atom is -0.461 e. The first-order valence-electron chi connectivity index (χ1n) is 10.3. The molecule has 0 bridgehead atoms. The van der Waals surface area contributed by atoms with Gasteiger partial charge in [0.1, 0.15) is 11.5 Å². The highest BCUT2D eigenvalue weighted by molar-refractivity contribution is 5.70. The average Bonchev–Trinajstić information content (AvgIpc) is 2.92. The second kappa shape index (κ2) is 6.92. The Morgan fingerprint density at radius 1 is 0.889 bits per heavy atom. The molecule has 27 heavy (non-hydrogen) atoms. The largest absolute Gasteiger partial charge is 0.461 e. The van der Waals surface area contributed by atoms with Gasteiger partial charge in [-0.25, -0.2) is 0 Å². The van der Waals surface area contributed by atoms with Gasteiger partial charge in [-0.2, -0.15) is 0 Å². The van der Waals surface area contributed by atoms with Crippen LogP contribution in [0.5, 0.6) is 0 Å². The lowest BCUT2D eigenvalue weighted by molar-refractivity contribution is 0.474. The molecule has 1 saturated heterocycles. The van der Waals surface area contributed by atoms with Gasteiger partial charge in [-0.3, -0.25) is 0 Å². The molecule has 0 radical (unpaired) electrons. The molecule has 0 saturated carbocycles. The van der Waals surface area contributed by atoms with E-state index in [1.807, 2.05) is 0 Å². The van der Waals surface area contributed by atoms with E-state index in [2.05, 4.69) is 66.4 Å². The minimum absolute atomic E-state index is 0.414. The minimum atomic E-state index is 0.414. The van der Waals surface area contributed by atoms with E-state index in [1.165, 1.54) is 60.0 Å². The standard InChI is InChI=1S/C25H27NO/c1-18-21-17-20-13-8-9-14-22(20)26-16-10-3-2-7-15-23(26)24(21)25(27-18)19-11-5-4-6-12-19/h4-6,8-9,11-14,23H,2-3,7,10,15-17H2,1H3. The van der Waals surface area contributed by atoms with E-state index < -0.39 is 0 Å². The quantitative estimate of drug-likeness (QED) is 0.483. The molecule has 2 aromatic carbocycles. The van der Waals surface area contributed by atoms with Gasteiger partial charge in [0.2, 0.25) is 0 Å². The summed E-state index contributed by atoms with van der Waals surface area (Å²) in [5, 5.41) is 0. The summed E-state index contributed by atoms with van der Waals surface area (Å²) >= 11 is 0. The van der Waals surface area contributed by atoms with E-state index in [0.717, 1.165) is 24.5 Å². The molecule has 0 N–H and O–H groups in total. The molecule has 0 aliphatic carbocycles. The zero-order valence-corrected chi connectivity index (χ0v) is 16.1. The van der Waals surface area contributed by atoms with E-state index in [-0.39, 0.29) is 0 Å². The number of hydrogen-bond acceptors (Lipinski definition) is 2. The van der Waals surface area contributed by atoms with Crippen LogP contribution in [0.1, 0.15) is 60.6 Å². The highest BCUT2D eigenvalue weighted by atomic mass is 16.3. The molecule has 3 heterocycles. The summed E-state index contributed by atoms with van der Waals surface area (Å²) in [7, 11) is 0. The Bertz CT molecular complexity index is 940. The van der Waals surface area contributed by atoms with Crippen molar-refractivity contribution >= 4 is 5.69 Å². The van der Waals surface area contributed by atoms with Crippen molar-refractivity contribution in [2.75, 3.05) is 11.4 Å². The van der Waals surface area contributed by atoms with Crippen LogP contribution in [0.2, 0.25) is 0 Å². The van der Waals surface area contributed by atoms with Crippen molar-refractivity contribution < 1.29 is 4.42 Å². The maximum Gasteiger partial charge on any atom is 0.139 e. The van der Waals surface area contributed by atoms with Crippen LogP contribution in [0.3, 0.4) is 0 Å². The topological polar surface area (TPSA) is 16.4 Å². The highest BCUT2D eigenvalue weighted by Gasteiger charge is 2.34. The number of nitrogens with zero attached hydrogens (tertiary/aromatic N) is 1. The second-order valence-corrected chi connectivity index (χ2v) is 7.96. The molecule has 0 amide bonds. The second-order valence-electron chi connectivity index (χ2n) is 7.96. The summed E-state index contributed by atoms with van der Waals surface area (Å²) in [6, 6.07) is 20.1. The molecule has 1 unspecified atom stereocenters. The van der Waals surface area contributed by atoms with Crippen LogP contribution in [-0.2, 0) is 6.42 Å². The van der Waals surface area contributed by atoms with Gasteiger partial charge in [0.25, 0.3) is 0 Å². The van der Waals surface area contributed by atoms with E-state index in [9.17, 15) is 0 Å². The van der Waals surface area contributed by atoms with E-state index >= 15 is 0 Å². The molecule has 0 spiro atoms. The molecule has 2 aliphatic heterocycles. The molecule has 1 aromatic heterocycles. The summed E-state index contributed by atoms with van der Waals surface area (Å²) in [6.07, 6.45) is 7.44. The van der Waals surface area contributed by atoms with Gasteiger partial charge in [0, 0.05) is 35.3 Å². The van der Waals surface area contributed by atoms with Crippen molar-refractivity contribution in [3.63, 3.8) is 0 Å². The Kier molecular flexibility index (Phi) is 4.27. The number of aryl methyl sites for hydroxylation is 1. The number of hydrogen-bond donors (Lipinski definition) is 0. The molecule has 2 heteroatoms. The van der Waals surface area contributed by atoms with Crippen molar-refractivity contribution in [2.24, 2.45) is 0 Å². The Morgan fingerprint density at radius 2 is 1.67 bits per heavy atom. The SMILES string of the molecule is Cc1oc(-c2ccccc2)c2c1Cc1ccccc1N1CCCCCCC21. The molecule has 2 aliphatic rings. The maximum absolute atomic E-state index is 6.42. The van der Waals surface area contributed by atoms with Crippen molar-refractivity contribution in [1.82, 2.24) is 0 Å². The third-order valence-corrected chi connectivity index (χ3v) is 6.29. The number of furan rings is 1. The number of benzene rings is 2. The fourth-order valence-electron chi connectivity index (χ4n) is 4.98. The predicted molar refractivity (Wildman–Crippen MR) is 111 cm³/mol. The number of para-hydroxylation sites is 1. The summed E-state index contributed by atoms with van der Waals surface area (Å²) in [6.45, 7) is 3.28. The van der Waals surface area contributed by atoms with E-state index in [0.29, 0.717) is 6.04 Å². The Hall–Kier alpha value is -2.48. The fourth-order valence-corrected chi connectivity index (χ4v) is 4.98. The lowest BCUT2D eigenvalue weighted by Gasteiger charge is -2.35.